The van der Waals surface area contributed by atoms with Crippen LogP contribution in [0, 0.1) is 5.92 Å². The molecule has 0 radical (unpaired) electrons. The molecule has 1 fully saturated rings. The highest BCUT2D eigenvalue weighted by Crippen LogP contribution is 2.45. The van der Waals surface area contributed by atoms with Gasteiger partial charge in [-0.15, -0.1) is 0 Å². The molecule has 7 heteroatoms. The van der Waals surface area contributed by atoms with Crippen molar-refractivity contribution in [3.63, 3.8) is 0 Å². The van der Waals surface area contributed by atoms with E-state index in [-0.39, 0.29) is 18.7 Å². The van der Waals surface area contributed by atoms with Crippen LogP contribution in [0.15, 0.2) is 18.2 Å². The van der Waals surface area contributed by atoms with Crippen LogP contribution in [0.2, 0.25) is 0 Å². The van der Waals surface area contributed by atoms with Crippen LogP contribution in [-0.4, -0.2) is 49.2 Å². The SMILES string of the molecule is COc1ccc(C(C)NC[C@@H](O)CP(=O)(O)CC2CCCCC2)cc1OC. The van der Waals surface area contributed by atoms with Crippen molar-refractivity contribution < 1.29 is 24.0 Å². The van der Waals surface area contributed by atoms with Gasteiger partial charge in [0, 0.05) is 18.7 Å². The molecule has 27 heavy (non-hydrogen) atoms. The van der Waals surface area contributed by atoms with Gasteiger partial charge in [0.05, 0.1) is 26.5 Å². The zero-order valence-electron chi connectivity index (χ0n) is 16.7. The Morgan fingerprint density at radius 1 is 1.19 bits per heavy atom. The summed E-state index contributed by atoms with van der Waals surface area (Å²) in [6, 6.07) is 5.64. The van der Waals surface area contributed by atoms with Crippen molar-refractivity contribution >= 4 is 7.37 Å². The second kappa shape index (κ2) is 10.5. The first-order valence-corrected chi connectivity index (χ1v) is 11.8. The van der Waals surface area contributed by atoms with E-state index in [1.54, 1.807) is 14.2 Å². The Bertz CT molecular complexity index is 633. The Labute approximate surface area is 162 Å². The fraction of sp³-hybridized carbons (Fsp3) is 0.700. The van der Waals surface area contributed by atoms with Gasteiger partial charge in [-0.3, -0.25) is 4.57 Å². The summed E-state index contributed by atoms with van der Waals surface area (Å²) in [5.74, 6) is 1.65. The topological polar surface area (TPSA) is 88.0 Å². The van der Waals surface area contributed by atoms with Gasteiger partial charge in [0.1, 0.15) is 0 Å². The predicted molar refractivity (Wildman–Crippen MR) is 108 cm³/mol. The Morgan fingerprint density at radius 3 is 2.48 bits per heavy atom. The zero-order valence-corrected chi connectivity index (χ0v) is 17.6. The van der Waals surface area contributed by atoms with Crippen LogP contribution in [0.1, 0.15) is 50.6 Å². The largest absolute Gasteiger partial charge is 0.493 e. The van der Waals surface area contributed by atoms with Crippen LogP contribution in [0.25, 0.3) is 0 Å². The van der Waals surface area contributed by atoms with Crippen LogP contribution in [0.5, 0.6) is 11.5 Å². The Kier molecular flexibility index (Phi) is 8.62. The molecule has 2 rings (SSSR count). The lowest BCUT2D eigenvalue weighted by Crippen LogP contribution is -2.32. The van der Waals surface area contributed by atoms with Gasteiger partial charge in [0.15, 0.2) is 11.5 Å². The fourth-order valence-corrected chi connectivity index (χ4v) is 5.90. The minimum atomic E-state index is -3.30. The summed E-state index contributed by atoms with van der Waals surface area (Å²) in [5.41, 5.74) is 0.995. The molecule has 0 aromatic heterocycles. The summed E-state index contributed by atoms with van der Waals surface area (Å²) < 4.78 is 23.1. The molecule has 0 saturated heterocycles. The van der Waals surface area contributed by atoms with Crippen molar-refractivity contribution in [2.75, 3.05) is 33.1 Å². The van der Waals surface area contributed by atoms with E-state index in [1.165, 1.54) is 6.42 Å². The molecule has 1 aliphatic rings. The highest BCUT2D eigenvalue weighted by atomic mass is 31.2. The van der Waals surface area contributed by atoms with E-state index in [4.69, 9.17) is 9.47 Å². The van der Waals surface area contributed by atoms with Crippen molar-refractivity contribution in [3.05, 3.63) is 23.8 Å². The van der Waals surface area contributed by atoms with Crippen molar-refractivity contribution in [2.45, 2.75) is 51.2 Å². The fourth-order valence-electron chi connectivity index (χ4n) is 3.79. The summed E-state index contributed by atoms with van der Waals surface area (Å²) in [6.07, 6.45) is 5.06. The average Bonchev–Trinajstić information content (AvgIpc) is 2.65. The summed E-state index contributed by atoms with van der Waals surface area (Å²) in [6.45, 7) is 2.25. The molecule has 0 bridgehead atoms. The number of rotatable bonds is 10. The predicted octanol–water partition coefficient (Wildman–Crippen LogP) is 3.57. The van der Waals surface area contributed by atoms with Gasteiger partial charge in [-0.25, -0.2) is 0 Å². The van der Waals surface area contributed by atoms with Gasteiger partial charge in [-0.05, 0) is 43.4 Å². The average molecular weight is 399 g/mol. The molecule has 1 saturated carbocycles. The third kappa shape index (κ3) is 7.11. The van der Waals surface area contributed by atoms with Crippen molar-refractivity contribution in [2.24, 2.45) is 5.92 Å². The number of aliphatic hydroxyl groups excluding tert-OH is 1. The van der Waals surface area contributed by atoms with Crippen LogP contribution in [0.4, 0.5) is 0 Å². The second-order valence-corrected chi connectivity index (χ2v) is 10.0. The van der Waals surface area contributed by atoms with Crippen molar-refractivity contribution in [1.29, 1.82) is 0 Å². The standard InChI is InChI=1S/C20H34NO5P/c1-15(17-9-10-19(25-2)20(11-17)26-3)21-12-18(22)14-27(23,24)13-16-7-5-4-6-8-16/h9-11,15-16,18,21-22H,4-8,12-14H2,1-3H3,(H,23,24)/t15?,18-/m1/s1. The lowest BCUT2D eigenvalue weighted by molar-refractivity contribution is 0.186. The molecule has 0 aliphatic heterocycles. The number of hydrogen-bond acceptors (Lipinski definition) is 5. The lowest BCUT2D eigenvalue weighted by atomic mass is 9.91. The van der Waals surface area contributed by atoms with E-state index in [9.17, 15) is 14.6 Å². The Hall–Kier alpha value is -1.07. The molecule has 2 unspecified atom stereocenters. The number of hydrogen-bond donors (Lipinski definition) is 3. The van der Waals surface area contributed by atoms with Crippen molar-refractivity contribution in [3.8, 4) is 11.5 Å². The minimum absolute atomic E-state index is 0.0316. The van der Waals surface area contributed by atoms with Gasteiger partial charge in [-0.2, -0.15) is 0 Å². The van der Waals surface area contributed by atoms with Crippen molar-refractivity contribution in [1.82, 2.24) is 5.32 Å². The lowest BCUT2D eigenvalue weighted by Gasteiger charge is -2.25. The number of ether oxygens (including phenoxy) is 2. The van der Waals surface area contributed by atoms with Gasteiger partial charge < -0.3 is 24.8 Å². The molecule has 154 valence electrons. The Balaban J connectivity index is 1.83. The first-order chi connectivity index (χ1) is 12.8. The molecule has 0 heterocycles. The van der Waals surface area contributed by atoms with Crippen LogP contribution in [0.3, 0.4) is 0 Å². The summed E-state index contributed by atoms with van der Waals surface area (Å²) in [5, 5.41) is 13.5. The molecule has 1 aliphatic carbocycles. The van der Waals surface area contributed by atoms with Gasteiger partial charge in [-0.1, -0.05) is 25.3 Å². The number of aliphatic hydroxyl groups is 1. The molecule has 1 aromatic carbocycles. The third-order valence-electron chi connectivity index (χ3n) is 5.33. The van der Waals surface area contributed by atoms with E-state index in [2.05, 4.69) is 5.32 Å². The zero-order chi connectivity index (χ0) is 19.9. The monoisotopic (exact) mass is 399 g/mol. The molecular formula is C20H34NO5P. The summed E-state index contributed by atoms with van der Waals surface area (Å²) >= 11 is 0. The molecule has 1 aromatic rings. The van der Waals surface area contributed by atoms with Crippen LogP contribution >= 0.6 is 7.37 Å². The molecule has 3 atom stereocenters. The maximum atomic E-state index is 12.5. The smallest absolute Gasteiger partial charge is 0.203 e. The summed E-state index contributed by atoms with van der Waals surface area (Å²) in [7, 11) is -0.114. The maximum absolute atomic E-state index is 12.5. The number of nitrogens with one attached hydrogen (secondary N) is 1. The summed E-state index contributed by atoms with van der Waals surface area (Å²) in [4.78, 5) is 10.3. The minimum Gasteiger partial charge on any atom is -0.493 e. The first kappa shape index (κ1) is 22.2. The molecule has 0 amide bonds. The highest BCUT2D eigenvalue weighted by Gasteiger charge is 2.28. The van der Waals surface area contributed by atoms with E-state index in [1.807, 2.05) is 25.1 Å². The van der Waals surface area contributed by atoms with E-state index in [0.717, 1.165) is 31.2 Å². The van der Waals surface area contributed by atoms with E-state index < -0.39 is 13.5 Å². The first-order valence-electron chi connectivity index (χ1n) is 9.79. The second-order valence-electron chi connectivity index (χ2n) is 7.61. The highest BCUT2D eigenvalue weighted by molar-refractivity contribution is 7.58. The van der Waals surface area contributed by atoms with Gasteiger partial charge in [0.2, 0.25) is 7.37 Å². The van der Waals surface area contributed by atoms with Crippen LogP contribution < -0.4 is 14.8 Å². The van der Waals surface area contributed by atoms with Crippen LogP contribution in [-0.2, 0) is 4.57 Å². The van der Waals surface area contributed by atoms with Gasteiger partial charge in [0.25, 0.3) is 0 Å². The van der Waals surface area contributed by atoms with E-state index >= 15 is 0 Å². The normalized spacial score (nSPS) is 19.9. The maximum Gasteiger partial charge on any atom is 0.203 e. The molecule has 0 spiro atoms. The molecule has 3 N–H and O–H groups in total. The molecular weight excluding hydrogens is 365 g/mol. The van der Waals surface area contributed by atoms with E-state index in [0.29, 0.717) is 23.6 Å². The van der Waals surface area contributed by atoms with Gasteiger partial charge >= 0.3 is 0 Å². The third-order valence-corrected chi connectivity index (χ3v) is 7.41. The number of benzene rings is 1. The quantitative estimate of drug-likeness (QED) is 0.522. The molecule has 6 nitrogen and oxygen atoms in total. The number of methoxy groups -OCH3 is 2. The Morgan fingerprint density at radius 2 is 1.85 bits per heavy atom.